The fourth-order valence-corrected chi connectivity index (χ4v) is 5.51. The molecule has 0 saturated heterocycles. The number of aryl methyl sites for hydroxylation is 2. The number of rotatable bonds is 9. The smallest absolute Gasteiger partial charge is 0.341 e. The van der Waals surface area contributed by atoms with E-state index in [0.717, 1.165) is 22.7 Å². The van der Waals surface area contributed by atoms with E-state index in [1.54, 1.807) is 24.3 Å². The van der Waals surface area contributed by atoms with Gasteiger partial charge in [0, 0.05) is 26.7 Å². The molecule has 0 radical (unpaired) electrons. The Morgan fingerprint density at radius 3 is 2.65 bits per heavy atom. The molecule has 0 saturated carbocycles. The van der Waals surface area contributed by atoms with Crippen molar-refractivity contribution in [2.45, 2.75) is 52.2 Å². The van der Waals surface area contributed by atoms with Crippen molar-refractivity contribution < 1.29 is 14.3 Å². The maximum Gasteiger partial charge on any atom is 0.341 e. The molecule has 0 spiro atoms. The van der Waals surface area contributed by atoms with Gasteiger partial charge in [-0.25, -0.2) is 4.79 Å². The van der Waals surface area contributed by atoms with Crippen molar-refractivity contribution in [3.63, 3.8) is 0 Å². The van der Waals surface area contributed by atoms with E-state index in [4.69, 9.17) is 4.74 Å². The van der Waals surface area contributed by atoms with Crippen LogP contribution in [0.15, 0.2) is 22.7 Å². The standard InChI is InChI=1S/C21H26N4O3S3/c1-6-15-9-16(20(27)28-7-2)19(31-15)22-17(26)11-30-21-24-23-18(25(21)12(3)4)14-8-13(5)29-10-14/h8-10,12H,6-7,11H2,1-5H3,(H,22,26). The van der Waals surface area contributed by atoms with Crippen LogP contribution in [0.25, 0.3) is 11.4 Å². The molecular weight excluding hydrogens is 452 g/mol. The molecule has 10 heteroatoms. The molecule has 1 amide bonds. The highest BCUT2D eigenvalue weighted by molar-refractivity contribution is 7.99. The summed E-state index contributed by atoms with van der Waals surface area (Å²) in [7, 11) is 0. The molecule has 3 aromatic rings. The number of carbonyl (C=O) groups excluding carboxylic acids is 2. The number of ether oxygens (including phenoxy) is 1. The van der Waals surface area contributed by atoms with Crippen molar-refractivity contribution in [2.75, 3.05) is 17.7 Å². The number of esters is 1. The molecule has 0 aliphatic heterocycles. The van der Waals surface area contributed by atoms with Crippen LogP contribution in [0.2, 0.25) is 0 Å². The number of aromatic nitrogens is 3. The lowest BCUT2D eigenvalue weighted by Gasteiger charge is -2.13. The molecule has 0 aromatic carbocycles. The Morgan fingerprint density at radius 2 is 2.03 bits per heavy atom. The second-order valence-corrected chi connectivity index (χ2v) is 10.3. The molecule has 166 valence electrons. The van der Waals surface area contributed by atoms with Crippen molar-refractivity contribution in [1.82, 2.24) is 14.8 Å². The number of carbonyl (C=O) groups is 2. The van der Waals surface area contributed by atoms with Crippen molar-refractivity contribution in [3.05, 3.63) is 32.8 Å². The van der Waals surface area contributed by atoms with Gasteiger partial charge in [-0.05, 0) is 46.2 Å². The minimum atomic E-state index is -0.420. The van der Waals surface area contributed by atoms with Gasteiger partial charge >= 0.3 is 5.97 Å². The second kappa shape index (κ2) is 10.4. The van der Waals surface area contributed by atoms with E-state index in [1.165, 1.54) is 28.0 Å². The van der Waals surface area contributed by atoms with E-state index in [0.29, 0.717) is 15.7 Å². The number of thioether (sulfide) groups is 1. The van der Waals surface area contributed by atoms with Crippen LogP contribution in [0.4, 0.5) is 5.00 Å². The van der Waals surface area contributed by atoms with Crippen molar-refractivity contribution in [1.29, 1.82) is 0 Å². The number of nitrogens with one attached hydrogen (secondary N) is 1. The van der Waals surface area contributed by atoms with Crippen LogP contribution in [0.5, 0.6) is 0 Å². The minimum Gasteiger partial charge on any atom is -0.462 e. The lowest BCUT2D eigenvalue weighted by atomic mass is 10.2. The summed E-state index contributed by atoms with van der Waals surface area (Å²) in [6, 6.07) is 4.03. The highest BCUT2D eigenvalue weighted by atomic mass is 32.2. The first kappa shape index (κ1) is 23.5. The molecule has 0 aliphatic rings. The summed E-state index contributed by atoms with van der Waals surface area (Å²) in [5, 5.41) is 14.8. The second-order valence-electron chi connectivity index (χ2n) is 7.08. The summed E-state index contributed by atoms with van der Waals surface area (Å²) in [5.41, 5.74) is 1.44. The first-order valence-electron chi connectivity index (χ1n) is 10.1. The van der Waals surface area contributed by atoms with E-state index in [1.807, 2.05) is 11.5 Å². The third kappa shape index (κ3) is 5.55. The summed E-state index contributed by atoms with van der Waals surface area (Å²) >= 11 is 4.40. The van der Waals surface area contributed by atoms with Crippen LogP contribution in [0.1, 0.15) is 53.8 Å². The lowest BCUT2D eigenvalue weighted by Crippen LogP contribution is -2.16. The van der Waals surface area contributed by atoms with E-state index in [2.05, 4.69) is 47.7 Å². The third-order valence-corrected chi connectivity index (χ3v) is 7.38. The first-order valence-corrected chi connectivity index (χ1v) is 12.7. The first-order chi connectivity index (χ1) is 14.8. The normalized spacial score (nSPS) is 11.2. The summed E-state index contributed by atoms with van der Waals surface area (Å²) in [4.78, 5) is 27.1. The maximum atomic E-state index is 12.6. The summed E-state index contributed by atoms with van der Waals surface area (Å²) < 4.78 is 7.16. The fraction of sp³-hybridized carbons (Fsp3) is 0.429. The summed E-state index contributed by atoms with van der Waals surface area (Å²) in [5.74, 6) is 0.343. The summed E-state index contributed by atoms with van der Waals surface area (Å²) in [6.07, 6.45) is 0.782. The SMILES string of the molecule is CCOC(=O)c1cc(CC)sc1NC(=O)CSc1nnc(-c2csc(C)c2)n1C(C)C. The quantitative estimate of drug-likeness (QED) is 0.326. The van der Waals surface area contributed by atoms with Crippen LogP contribution in [0.3, 0.4) is 0 Å². The number of anilines is 1. The van der Waals surface area contributed by atoms with Crippen LogP contribution < -0.4 is 5.32 Å². The highest BCUT2D eigenvalue weighted by Gasteiger charge is 2.21. The largest absolute Gasteiger partial charge is 0.462 e. The molecule has 0 unspecified atom stereocenters. The van der Waals surface area contributed by atoms with Gasteiger partial charge < -0.3 is 10.1 Å². The number of hydrogen-bond donors (Lipinski definition) is 1. The Labute approximate surface area is 194 Å². The Balaban J connectivity index is 1.73. The van der Waals surface area contributed by atoms with Gasteiger partial charge in [0.1, 0.15) is 5.00 Å². The molecular formula is C21H26N4O3S3. The number of amides is 1. The van der Waals surface area contributed by atoms with E-state index in [9.17, 15) is 9.59 Å². The maximum absolute atomic E-state index is 12.6. The Bertz CT molecular complexity index is 1070. The van der Waals surface area contributed by atoms with Crippen molar-refractivity contribution in [3.8, 4) is 11.4 Å². The molecule has 0 bridgehead atoms. The lowest BCUT2D eigenvalue weighted by molar-refractivity contribution is -0.113. The number of hydrogen-bond acceptors (Lipinski definition) is 8. The van der Waals surface area contributed by atoms with E-state index in [-0.39, 0.29) is 24.3 Å². The fourth-order valence-electron chi connectivity index (χ4n) is 2.96. The Hall–Kier alpha value is -2.17. The topological polar surface area (TPSA) is 86.1 Å². The average molecular weight is 479 g/mol. The molecule has 3 rings (SSSR count). The Morgan fingerprint density at radius 1 is 1.26 bits per heavy atom. The molecule has 1 N–H and O–H groups in total. The predicted molar refractivity (Wildman–Crippen MR) is 127 cm³/mol. The van der Waals surface area contributed by atoms with Gasteiger partial charge in [-0.15, -0.1) is 32.9 Å². The van der Waals surface area contributed by atoms with Crippen molar-refractivity contribution in [2.24, 2.45) is 0 Å². The zero-order valence-corrected chi connectivity index (χ0v) is 20.7. The molecule has 31 heavy (non-hydrogen) atoms. The van der Waals surface area contributed by atoms with Crippen molar-refractivity contribution >= 4 is 51.3 Å². The third-order valence-electron chi connectivity index (χ3n) is 4.38. The number of thiophene rings is 2. The van der Waals surface area contributed by atoms with Gasteiger partial charge in [0.2, 0.25) is 5.91 Å². The zero-order chi connectivity index (χ0) is 22.5. The van der Waals surface area contributed by atoms with Crippen LogP contribution in [0, 0.1) is 6.92 Å². The van der Waals surface area contributed by atoms with Crippen LogP contribution in [-0.4, -0.2) is 39.0 Å². The van der Waals surface area contributed by atoms with Gasteiger partial charge in [0.15, 0.2) is 11.0 Å². The summed E-state index contributed by atoms with van der Waals surface area (Å²) in [6.45, 7) is 10.3. The van der Waals surface area contributed by atoms with Gasteiger partial charge in [-0.2, -0.15) is 0 Å². The van der Waals surface area contributed by atoms with Gasteiger partial charge in [-0.1, -0.05) is 18.7 Å². The van der Waals surface area contributed by atoms with Gasteiger partial charge in [0.25, 0.3) is 0 Å². The molecule has 3 aromatic heterocycles. The monoisotopic (exact) mass is 478 g/mol. The Kier molecular flexibility index (Phi) is 7.90. The number of nitrogens with zero attached hydrogens (tertiary/aromatic N) is 3. The molecule has 7 nitrogen and oxygen atoms in total. The van der Waals surface area contributed by atoms with Gasteiger partial charge in [-0.3, -0.25) is 9.36 Å². The molecule has 0 atom stereocenters. The predicted octanol–water partition coefficient (Wildman–Crippen LogP) is 5.43. The highest BCUT2D eigenvalue weighted by Crippen LogP contribution is 2.32. The van der Waals surface area contributed by atoms with Gasteiger partial charge in [0.05, 0.1) is 17.9 Å². The van der Waals surface area contributed by atoms with Crippen LogP contribution >= 0.6 is 34.4 Å². The zero-order valence-electron chi connectivity index (χ0n) is 18.2. The van der Waals surface area contributed by atoms with E-state index >= 15 is 0 Å². The molecule has 3 heterocycles. The molecule has 0 fully saturated rings. The minimum absolute atomic E-state index is 0.149. The van der Waals surface area contributed by atoms with E-state index < -0.39 is 5.97 Å². The van der Waals surface area contributed by atoms with Crippen LogP contribution in [-0.2, 0) is 16.0 Å². The average Bonchev–Trinajstić information content (AvgIpc) is 3.44. The molecule has 0 aliphatic carbocycles.